The predicted molar refractivity (Wildman–Crippen MR) is 106 cm³/mol. The molecule has 1 aromatic carbocycles. The topological polar surface area (TPSA) is 80.9 Å². The molecule has 25 heavy (non-hydrogen) atoms. The summed E-state index contributed by atoms with van der Waals surface area (Å²) < 4.78 is 0. The minimum atomic E-state index is -0.243. The van der Waals surface area contributed by atoms with Crippen LogP contribution in [0.2, 0.25) is 0 Å². The van der Waals surface area contributed by atoms with E-state index in [2.05, 4.69) is 29.4 Å². The van der Waals surface area contributed by atoms with Gasteiger partial charge in [-0.2, -0.15) is 0 Å². The second-order valence-corrected chi connectivity index (χ2v) is 7.89. The van der Waals surface area contributed by atoms with E-state index >= 15 is 0 Å². The number of fused-ring (bicyclic) bond motifs is 2. The number of hydrogen-bond donors (Lipinski definition) is 2. The lowest BCUT2D eigenvalue weighted by Gasteiger charge is -2.05. The SMILES string of the molecule is Cc1csc(NC(=O)c2sc3nc4c(C)ccc(C)c4cc3c2N)n1. The molecule has 0 saturated heterocycles. The maximum atomic E-state index is 12.6. The molecule has 126 valence electrons. The largest absolute Gasteiger partial charge is 0.397 e. The Bertz CT molecular complexity index is 1140. The van der Waals surface area contributed by atoms with Gasteiger partial charge >= 0.3 is 0 Å². The minimum Gasteiger partial charge on any atom is -0.397 e. The van der Waals surface area contributed by atoms with E-state index in [1.807, 2.05) is 25.3 Å². The summed E-state index contributed by atoms with van der Waals surface area (Å²) in [6.07, 6.45) is 0. The number of nitrogen functional groups attached to an aromatic ring is 1. The molecular weight excluding hydrogens is 352 g/mol. The van der Waals surface area contributed by atoms with E-state index in [4.69, 9.17) is 10.7 Å². The number of aromatic nitrogens is 2. The van der Waals surface area contributed by atoms with Crippen LogP contribution in [0.3, 0.4) is 0 Å². The summed E-state index contributed by atoms with van der Waals surface area (Å²) >= 11 is 2.71. The molecule has 3 heterocycles. The standard InChI is InChI=1S/C18H16N4OS2/c1-8-4-5-9(2)14-11(8)6-12-13(19)15(25-17(12)21-14)16(23)22-18-20-10(3)7-24-18/h4-7H,19H2,1-3H3,(H,20,22,23). The molecule has 0 atom stereocenters. The van der Waals surface area contributed by atoms with Gasteiger partial charge in [0.15, 0.2) is 5.13 Å². The number of nitrogens with one attached hydrogen (secondary N) is 1. The summed E-state index contributed by atoms with van der Waals surface area (Å²) in [5, 5.41) is 7.18. The van der Waals surface area contributed by atoms with E-state index in [1.165, 1.54) is 22.7 Å². The number of thiophene rings is 1. The van der Waals surface area contributed by atoms with E-state index in [1.54, 1.807) is 0 Å². The molecule has 1 amide bonds. The van der Waals surface area contributed by atoms with Crippen LogP contribution in [0.1, 0.15) is 26.5 Å². The van der Waals surface area contributed by atoms with Crippen LogP contribution in [-0.4, -0.2) is 15.9 Å². The predicted octanol–water partition coefficient (Wildman–Crippen LogP) is 4.67. The fraction of sp³-hybridized carbons (Fsp3) is 0.167. The van der Waals surface area contributed by atoms with E-state index in [0.717, 1.165) is 37.9 Å². The van der Waals surface area contributed by atoms with Gasteiger partial charge in [-0.1, -0.05) is 12.1 Å². The van der Waals surface area contributed by atoms with E-state index < -0.39 is 0 Å². The number of carbonyl (C=O) groups is 1. The van der Waals surface area contributed by atoms with Gasteiger partial charge in [-0.3, -0.25) is 10.1 Å². The van der Waals surface area contributed by atoms with Crippen LogP contribution in [0.25, 0.3) is 21.1 Å². The summed E-state index contributed by atoms with van der Waals surface area (Å²) in [6.45, 7) is 5.98. The van der Waals surface area contributed by atoms with Gasteiger partial charge in [0.1, 0.15) is 9.71 Å². The van der Waals surface area contributed by atoms with Gasteiger partial charge in [-0.15, -0.1) is 22.7 Å². The van der Waals surface area contributed by atoms with E-state index in [-0.39, 0.29) is 5.91 Å². The van der Waals surface area contributed by atoms with E-state index in [9.17, 15) is 4.79 Å². The molecule has 0 spiro atoms. The molecule has 0 unspecified atom stereocenters. The first-order valence-corrected chi connectivity index (χ1v) is 9.46. The normalized spacial score (nSPS) is 11.3. The molecule has 0 aliphatic heterocycles. The highest BCUT2D eigenvalue weighted by Gasteiger charge is 2.19. The summed E-state index contributed by atoms with van der Waals surface area (Å²) in [5.74, 6) is -0.243. The molecule has 0 fully saturated rings. The molecule has 0 radical (unpaired) electrons. The number of thiazole rings is 1. The average molecular weight is 368 g/mol. The van der Waals surface area contributed by atoms with Crippen LogP contribution in [0.15, 0.2) is 23.6 Å². The Kier molecular flexibility index (Phi) is 3.70. The molecule has 5 nitrogen and oxygen atoms in total. The lowest BCUT2D eigenvalue weighted by molar-refractivity contribution is 0.103. The van der Waals surface area contributed by atoms with Crippen molar-refractivity contribution in [2.75, 3.05) is 11.1 Å². The lowest BCUT2D eigenvalue weighted by Crippen LogP contribution is -2.11. The quantitative estimate of drug-likeness (QED) is 0.539. The van der Waals surface area contributed by atoms with Crippen LogP contribution in [0.5, 0.6) is 0 Å². The Hall–Kier alpha value is -2.51. The Morgan fingerprint density at radius 1 is 1.12 bits per heavy atom. The van der Waals surface area contributed by atoms with Gasteiger partial charge in [-0.05, 0) is 38.0 Å². The molecule has 0 saturated carbocycles. The number of nitrogens with two attached hydrogens (primary N) is 1. The second kappa shape index (κ2) is 5.79. The number of nitrogens with zero attached hydrogens (tertiary/aromatic N) is 2. The maximum Gasteiger partial charge on any atom is 0.269 e. The molecule has 0 aliphatic rings. The number of aryl methyl sites for hydroxylation is 3. The Morgan fingerprint density at radius 2 is 1.88 bits per heavy atom. The third kappa shape index (κ3) is 2.65. The van der Waals surface area contributed by atoms with Gasteiger partial charge in [0.2, 0.25) is 0 Å². The van der Waals surface area contributed by atoms with Gasteiger partial charge in [0, 0.05) is 16.2 Å². The van der Waals surface area contributed by atoms with Crippen molar-refractivity contribution in [1.82, 2.24) is 9.97 Å². The maximum absolute atomic E-state index is 12.6. The summed E-state index contributed by atoms with van der Waals surface area (Å²) in [6, 6.07) is 6.17. The van der Waals surface area contributed by atoms with Gasteiger partial charge in [-0.25, -0.2) is 9.97 Å². The average Bonchev–Trinajstić information content (AvgIpc) is 3.13. The third-order valence-electron chi connectivity index (χ3n) is 4.15. The first-order valence-electron chi connectivity index (χ1n) is 7.76. The fourth-order valence-electron chi connectivity index (χ4n) is 2.79. The number of amides is 1. The molecule has 3 aromatic heterocycles. The molecule has 7 heteroatoms. The first kappa shape index (κ1) is 16.0. The number of benzene rings is 1. The zero-order chi connectivity index (χ0) is 17.7. The number of carbonyl (C=O) groups excluding carboxylic acids is 1. The van der Waals surface area contributed by atoms with Crippen molar-refractivity contribution in [3.8, 4) is 0 Å². The summed E-state index contributed by atoms with van der Waals surface area (Å²) in [5.41, 5.74) is 10.8. The molecule has 4 aromatic rings. The van der Waals surface area contributed by atoms with Crippen molar-refractivity contribution in [2.45, 2.75) is 20.8 Å². The van der Waals surface area contributed by atoms with Crippen molar-refractivity contribution < 1.29 is 4.79 Å². The highest BCUT2D eigenvalue weighted by atomic mass is 32.1. The Labute approximate surface area is 152 Å². The first-order chi connectivity index (χ1) is 11.9. The van der Waals surface area contributed by atoms with E-state index in [0.29, 0.717) is 15.7 Å². The number of rotatable bonds is 2. The zero-order valence-corrected chi connectivity index (χ0v) is 15.6. The smallest absolute Gasteiger partial charge is 0.269 e. The number of hydrogen-bond acceptors (Lipinski definition) is 6. The highest BCUT2D eigenvalue weighted by Crippen LogP contribution is 2.36. The lowest BCUT2D eigenvalue weighted by atomic mass is 10.0. The number of anilines is 2. The third-order valence-corrected chi connectivity index (χ3v) is 6.14. The summed E-state index contributed by atoms with van der Waals surface area (Å²) in [7, 11) is 0. The van der Waals surface area contributed by atoms with Crippen molar-refractivity contribution >= 4 is 60.5 Å². The van der Waals surface area contributed by atoms with Crippen LogP contribution >= 0.6 is 22.7 Å². The monoisotopic (exact) mass is 368 g/mol. The highest BCUT2D eigenvalue weighted by molar-refractivity contribution is 7.21. The molecular formula is C18H16N4OS2. The molecule has 3 N–H and O–H groups in total. The van der Waals surface area contributed by atoms with Gasteiger partial charge in [0.25, 0.3) is 5.91 Å². The second-order valence-electron chi connectivity index (χ2n) is 6.03. The molecule has 0 aliphatic carbocycles. The van der Waals surface area contributed by atoms with Gasteiger partial charge < -0.3 is 5.73 Å². The molecule has 4 rings (SSSR count). The van der Waals surface area contributed by atoms with Crippen LogP contribution in [0.4, 0.5) is 10.8 Å². The number of pyridine rings is 1. The van der Waals surface area contributed by atoms with Crippen molar-refractivity contribution in [3.05, 3.63) is 45.3 Å². The van der Waals surface area contributed by atoms with Crippen molar-refractivity contribution in [3.63, 3.8) is 0 Å². The van der Waals surface area contributed by atoms with Crippen LogP contribution < -0.4 is 11.1 Å². The fourth-order valence-corrected chi connectivity index (χ4v) is 4.45. The zero-order valence-electron chi connectivity index (χ0n) is 14.0. The van der Waals surface area contributed by atoms with Crippen molar-refractivity contribution in [2.24, 2.45) is 0 Å². The van der Waals surface area contributed by atoms with Crippen LogP contribution in [0, 0.1) is 20.8 Å². The molecule has 0 bridgehead atoms. The Balaban J connectivity index is 1.84. The van der Waals surface area contributed by atoms with Crippen LogP contribution in [-0.2, 0) is 0 Å². The van der Waals surface area contributed by atoms with Gasteiger partial charge in [0.05, 0.1) is 16.9 Å². The summed E-state index contributed by atoms with van der Waals surface area (Å²) in [4.78, 5) is 22.9. The van der Waals surface area contributed by atoms with Crippen molar-refractivity contribution in [1.29, 1.82) is 0 Å². The minimum absolute atomic E-state index is 0.243. The Morgan fingerprint density at radius 3 is 2.60 bits per heavy atom.